The van der Waals surface area contributed by atoms with Gasteiger partial charge in [0, 0.05) is 18.3 Å². The number of carbonyl (C=O) groups is 1. The molecule has 7 nitrogen and oxygen atoms in total. The molecule has 2 heterocycles. The summed E-state index contributed by atoms with van der Waals surface area (Å²) in [4.78, 5) is 16.1. The van der Waals surface area contributed by atoms with E-state index < -0.39 is 0 Å². The number of hydrazine groups is 1. The van der Waals surface area contributed by atoms with E-state index >= 15 is 0 Å². The summed E-state index contributed by atoms with van der Waals surface area (Å²) in [5.41, 5.74) is 7.97. The standard InChI is InChI=1S/C18H19N5O2/c1-12-17(14-6-8-20-9-7-14)22-23-18(12)21-16(24)11-25-15-4-2-13(10-19)3-5-15/h2-9,12,17-18,22-23H,11H2,1H3,(H,21,24). The molecule has 0 radical (unpaired) electrons. The predicted octanol–water partition coefficient (Wildman–Crippen LogP) is 1.26. The Morgan fingerprint density at radius 1 is 1.24 bits per heavy atom. The lowest BCUT2D eigenvalue weighted by Gasteiger charge is -2.19. The molecule has 0 bridgehead atoms. The van der Waals surface area contributed by atoms with Crippen LogP contribution in [0.2, 0.25) is 0 Å². The van der Waals surface area contributed by atoms with Crippen LogP contribution in [-0.4, -0.2) is 23.7 Å². The first-order chi connectivity index (χ1) is 12.2. The van der Waals surface area contributed by atoms with Crippen molar-refractivity contribution in [2.75, 3.05) is 6.61 Å². The van der Waals surface area contributed by atoms with E-state index in [9.17, 15) is 4.79 Å². The van der Waals surface area contributed by atoms with Crippen LogP contribution >= 0.6 is 0 Å². The second-order valence-corrected chi connectivity index (χ2v) is 5.88. The molecule has 25 heavy (non-hydrogen) atoms. The Balaban J connectivity index is 1.50. The monoisotopic (exact) mass is 337 g/mol. The van der Waals surface area contributed by atoms with Gasteiger partial charge in [0.2, 0.25) is 0 Å². The molecule has 3 rings (SSSR count). The Labute approximate surface area is 146 Å². The highest BCUT2D eigenvalue weighted by Gasteiger charge is 2.34. The Morgan fingerprint density at radius 3 is 2.64 bits per heavy atom. The van der Waals surface area contributed by atoms with Gasteiger partial charge < -0.3 is 10.1 Å². The number of nitriles is 1. The van der Waals surface area contributed by atoms with Crippen LogP contribution in [0.3, 0.4) is 0 Å². The van der Waals surface area contributed by atoms with E-state index in [-0.39, 0.29) is 30.6 Å². The fourth-order valence-electron chi connectivity index (χ4n) is 2.75. The molecule has 0 saturated carbocycles. The molecule has 7 heteroatoms. The molecule has 1 aromatic heterocycles. The molecule has 1 aliphatic heterocycles. The van der Waals surface area contributed by atoms with Gasteiger partial charge in [0.05, 0.1) is 23.8 Å². The summed E-state index contributed by atoms with van der Waals surface area (Å²) in [5.74, 6) is 0.488. The number of hydrogen-bond acceptors (Lipinski definition) is 6. The van der Waals surface area contributed by atoms with Crippen molar-refractivity contribution in [3.8, 4) is 11.8 Å². The van der Waals surface area contributed by atoms with Gasteiger partial charge in [0.25, 0.3) is 5.91 Å². The van der Waals surface area contributed by atoms with Crippen LogP contribution in [0, 0.1) is 17.2 Å². The van der Waals surface area contributed by atoms with Gasteiger partial charge in [-0.1, -0.05) is 6.92 Å². The lowest BCUT2D eigenvalue weighted by Crippen LogP contribution is -2.47. The van der Waals surface area contributed by atoms with Crippen LogP contribution in [0.5, 0.6) is 5.75 Å². The van der Waals surface area contributed by atoms with Gasteiger partial charge in [-0.3, -0.25) is 9.78 Å². The third-order valence-corrected chi connectivity index (χ3v) is 4.18. The summed E-state index contributed by atoms with van der Waals surface area (Å²) in [5, 5.41) is 11.7. The minimum atomic E-state index is -0.217. The number of carbonyl (C=O) groups excluding carboxylic acids is 1. The zero-order valence-electron chi connectivity index (χ0n) is 13.8. The van der Waals surface area contributed by atoms with Gasteiger partial charge >= 0.3 is 0 Å². The van der Waals surface area contributed by atoms with Crippen LogP contribution in [0.25, 0.3) is 0 Å². The van der Waals surface area contributed by atoms with E-state index in [1.807, 2.05) is 18.2 Å². The Hall–Kier alpha value is -2.95. The number of rotatable bonds is 5. The van der Waals surface area contributed by atoms with Crippen molar-refractivity contribution in [3.63, 3.8) is 0 Å². The van der Waals surface area contributed by atoms with Crippen LogP contribution in [0.15, 0.2) is 48.8 Å². The summed E-state index contributed by atoms with van der Waals surface area (Å²) >= 11 is 0. The van der Waals surface area contributed by atoms with E-state index in [4.69, 9.17) is 10.00 Å². The number of nitrogens with zero attached hydrogens (tertiary/aromatic N) is 2. The van der Waals surface area contributed by atoms with Crippen molar-refractivity contribution < 1.29 is 9.53 Å². The Kier molecular flexibility index (Phi) is 5.23. The molecule has 1 saturated heterocycles. The van der Waals surface area contributed by atoms with Crippen molar-refractivity contribution >= 4 is 5.91 Å². The summed E-state index contributed by atoms with van der Waals surface area (Å²) in [6.45, 7) is 1.97. The average molecular weight is 337 g/mol. The molecule has 128 valence electrons. The minimum Gasteiger partial charge on any atom is -0.484 e. The normalized spacial score (nSPS) is 22.2. The van der Waals surface area contributed by atoms with E-state index in [0.29, 0.717) is 11.3 Å². The van der Waals surface area contributed by atoms with Crippen LogP contribution in [0.1, 0.15) is 24.1 Å². The number of aromatic nitrogens is 1. The SMILES string of the molecule is CC1C(NC(=O)COc2ccc(C#N)cc2)NNC1c1ccncc1. The van der Waals surface area contributed by atoms with E-state index in [0.717, 1.165) is 5.56 Å². The molecular formula is C18H19N5O2. The van der Waals surface area contributed by atoms with Crippen molar-refractivity contribution in [1.29, 1.82) is 5.26 Å². The van der Waals surface area contributed by atoms with Crippen molar-refractivity contribution in [3.05, 3.63) is 59.9 Å². The Bertz CT molecular complexity index is 757. The van der Waals surface area contributed by atoms with Gasteiger partial charge in [0.1, 0.15) is 5.75 Å². The molecule has 2 aromatic rings. The molecule has 1 aliphatic rings. The summed E-state index contributed by atoms with van der Waals surface area (Å²) in [6.07, 6.45) is 3.30. The fourth-order valence-corrected chi connectivity index (χ4v) is 2.75. The molecule has 3 unspecified atom stereocenters. The van der Waals surface area contributed by atoms with Crippen molar-refractivity contribution in [2.24, 2.45) is 5.92 Å². The average Bonchev–Trinajstić information content (AvgIpc) is 3.01. The maximum absolute atomic E-state index is 12.1. The van der Waals surface area contributed by atoms with Crippen molar-refractivity contribution in [2.45, 2.75) is 19.1 Å². The highest BCUT2D eigenvalue weighted by molar-refractivity contribution is 5.77. The molecule has 1 fully saturated rings. The maximum Gasteiger partial charge on any atom is 0.259 e. The molecular weight excluding hydrogens is 318 g/mol. The first-order valence-corrected chi connectivity index (χ1v) is 8.00. The second-order valence-electron chi connectivity index (χ2n) is 5.88. The van der Waals surface area contributed by atoms with Gasteiger partial charge in [-0.25, -0.2) is 10.9 Å². The Morgan fingerprint density at radius 2 is 1.96 bits per heavy atom. The number of nitrogens with one attached hydrogen (secondary N) is 3. The number of ether oxygens (including phenoxy) is 1. The summed E-state index contributed by atoms with van der Waals surface area (Å²) in [7, 11) is 0. The zero-order chi connectivity index (χ0) is 17.6. The fraction of sp³-hybridized carbons (Fsp3) is 0.278. The quantitative estimate of drug-likeness (QED) is 0.760. The van der Waals surface area contributed by atoms with Gasteiger partial charge in [-0.2, -0.15) is 5.26 Å². The lowest BCUT2D eigenvalue weighted by atomic mass is 9.95. The molecule has 3 N–H and O–H groups in total. The molecule has 1 aromatic carbocycles. The number of benzene rings is 1. The smallest absolute Gasteiger partial charge is 0.259 e. The number of hydrogen-bond donors (Lipinski definition) is 3. The first-order valence-electron chi connectivity index (χ1n) is 8.00. The summed E-state index contributed by atoms with van der Waals surface area (Å²) in [6, 6.07) is 12.7. The highest BCUT2D eigenvalue weighted by atomic mass is 16.5. The predicted molar refractivity (Wildman–Crippen MR) is 91.0 cm³/mol. The molecule has 3 atom stereocenters. The van der Waals surface area contributed by atoms with E-state index in [1.165, 1.54) is 0 Å². The largest absolute Gasteiger partial charge is 0.484 e. The number of pyridine rings is 1. The van der Waals surface area contributed by atoms with Gasteiger partial charge in [0.15, 0.2) is 6.61 Å². The first kappa shape index (κ1) is 16.9. The lowest BCUT2D eigenvalue weighted by molar-refractivity contribution is -0.124. The summed E-state index contributed by atoms with van der Waals surface area (Å²) < 4.78 is 5.45. The third-order valence-electron chi connectivity index (χ3n) is 4.18. The highest BCUT2D eigenvalue weighted by Crippen LogP contribution is 2.26. The second kappa shape index (κ2) is 7.75. The van der Waals surface area contributed by atoms with Crippen molar-refractivity contribution in [1.82, 2.24) is 21.2 Å². The van der Waals surface area contributed by atoms with Crippen LogP contribution < -0.4 is 20.9 Å². The molecule has 1 amide bonds. The third kappa shape index (κ3) is 4.12. The zero-order valence-corrected chi connectivity index (χ0v) is 13.8. The minimum absolute atomic E-state index is 0.0866. The van der Waals surface area contributed by atoms with E-state index in [2.05, 4.69) is 28.1 Å². The molecule has 0 spiro atoms. The maximum atomic E-state index is 12.1. The van der Waals surface area contributed by atoms with Crippen LogP contribution in [0.4, 0.5) is 0 Å². The van der Waals surface area contributed by atoms with E-state index in [1.54, 1.807) is 36.7 Å². The van der Waals surface area contributed by atoms with Gasteiger partial charge in [-0.05, 0) is 42.0 Å². The number of amides is 1. The van der Waals surface area contributed by atoms with Crippen LogP contribution in [-0.2, 0) is 4.79 Å². The van der Waals surface area contributed by atoms with Gasteiger partial charge in [-0.15, -0.1) is 0 Å². The molecule has 0 aliphatic carbocycles. The topological polar surface area (TPSA) is 99.1 Å².